The van der Waals surface area contributed by atoms with Crippen molar-refractivity contribution in [2.75, 3.05) is 11.9 Å². The summed E-state index contributed by atoms with van der Waals surface area (Å²) in [7, 11) is 0. The molecule has 1 rings (SSSR count). The SMILES string of the molecule is Cc1cc(NCC(C)O)ncc1Br. The molecule has 1 unspecified atom stereocenters. The number of aliphatic hydroxyl groups excluding tert-OH is 1. The highest BCUT2D eigenvalue weighted by molar-refractivity contribution is 9.10. The Morgan fingerprint density at radius 1 is 1.69 bits per heavy atom. The minimum Gasteiger partial charge on any atom is -0.392 e. The number of aromatic nitrogens is 1. The number of pyridine rings is 1. The Morgan fingerprint density at radius 2 is 2.38 bits per heavy atom. The van der Waals surface area contributed by atoms with Crippen LogP contribution in [0.1, 0.15) is 12.5 Å². The summed E-state index contributed by atoms with van der Waals surface area (Å²) in [5, 5.41) is 12.1. The number of nitrogens with zero attached hydrogens (tertiary/aromatic N) is 1. The predicted octanol–water partition coefficient (Wildman–Crippen LogP) is 1.95. The van der Waals surface area contributed by atoms with Crippen LogP contribution in [0.3, 0.4) is 0 Å². The second kappa shape index (κ2) is 4.58. The van der Waals surface area contributed by atoms with E-state index < -0.39 is 0 Å². The summed E-state index contributed by atoms with van der Waals surface area (Å²) >= 11 is 3.37. The van der Waals surface area contributed by atoms with Gasteiger partial charge in [0.25, 0.3) is 0 Å². The summed E-state index contributed by atoms with van der Waals surface area (Å²) in [6.45, 7) is 4.26. The quantitative estimate of drug-likeness (QED) is 0.855. The van der Waals surface area contributed by atoms with Crippen LogP contribution in [0.4, 0.5) is 5.82 Å². The minimum absolute atomic E-state index is 0.356. The van der Waals surface area contributed by atoms with E-state index in [-0.39, 0.29) is 6.10 Å². The van der Waals surface area contributed by atoms with Crippen molar-refractivity contribution in [2.45, 2.75) is 20.0 Å². The van der Waals surface area contributed by atoms with Gasteiger partial charge in [-0.1, -0.05) is 0 Å². The van der Waals surface area contributed by atoms with E-state index in [9.17, 15) is 0 Å². The van der Waals surface area contributed by atoms with E-state index in [2.05, 4.69) is 26.2 Å². The van der Waals surface area contributed by atoms with Crippen molar-refractivity contribution in [1.82, 2.24) is 4.98 Å². The lowest BCUT2D eigenvalue weighted by molar-refractivity contribution is 0.208. The summed E-state index contributed by atoms with van der Waals surface area (Å²) < 4.78 is 0.995. The molecule has 0 radical (unpaired) electrons. The number of hydrogen-bond acceptors (Lipinski definition) is 3. The molecule has 0 saturated carbocycles. The third-order valence-corrected chi connectivity index (χ3v) is 2.46. The van der Waals surface area contributed by atoms with Crippen LogP contribution >= 0.6 is 15.9 Å². The van der Waals surface area contributed by atoms with Crippen LogP contribution in [0.15, 0.2) is 16.7 Å². The summed E-state index contributed by atoms with van der Waals surface area (Å²) in [6, 6.07) is 1.94. The van der Waals surface area contributed by atoms with E-state index in [0.717, 1.165) is 15.9 Å². The van der Waals surface area contributed by atoms with Crippen LogP contribution in [-0.4, -0.2) is 22.7 Å². The Balaban J connectivity index is 2.63. The first kappa shape index (κ1) is 10.5. The van der Waals surface area contributed by atoms with Crippen molar-refractivity contribution in [3.05, 3.63) is 22.3 Å². The topological polar surface area (TPSA) is 45.1 Å². The molecule has 72 valence electrons. The highest BCUT2D eigenvalue weighted by Gasteiger charge is 1.99. The Kier molecular flexibility index (Phi) is 3.69. The van der Waals surface area contributed by atoms with Gasteiger partial charge in [-0.25, -0.2) is 4.98 Å². The lowest BCUT2D eigenvalue weighted by Crippen LogP contribution is -2.15. The molecule has 0 amide bonds. The largest absolute Gasteiger partial charge is 0.392 e. The Morgan fingerprint density at radius 3 is 2.92 bits per heavy atom. The number of aryl methyl sites for hydroxylation is 1. The van der Waals surface area contributed by atoms with E-state index in [4.69, 9.17) is 5.11 Å². The monoisotopic (exact) mass is 244 g/mol. The maximum absolute atomic E-state index is 9.04. The zero-order valence-electron chi connectivity index (χ0n) is 7.71. The first-order chi connectivity index (χ1) is 6.09. The van der Waals surface area contributed by atoms with Gasteiger partial charge in [0.1, 0.15) is 5.82 Å². The number of aliphatic hydroxyl groups is 1. The van der Waals surface area contributed by atoms with E-state index in [1.165, 1.54) is 0 Å². The van der Waals surface area contributed by atoms with Gasteiger partial charge >= 0.3 is 0 Å². The van der Waals surface area contributed by atoms with Gasteiger partial charge in [-0.2, -0.15) is 0 Å². The fraction of sp³-hybridized carbons (Fsp3) is 0.444. The molecule has 0 fully saturated rings. The van der Waals surface area contributed by atoms with Crippen LogP contribution in [-0.2, 0) is 0 Å². The summed E-state index contributed by atoms with van der Waals surface area (Å²) in [6.07, 6.45) is 1.39. The average molecular weight is 245 g/mol. The smallest absolute Gasteiger partial charge is 0.126 e. The zero-order valence-corrected chi connectivity index (χ0v) is 9.30. The Bertz CT molecular complexity index is 289. The molecule has 1 aromatic rings. The molecule has 13 heavy (non-hydrogen) atoms. The molecule has 1 aromatic heterocycles. The van der Waals surface area contributed by atoms with Gasteiger partial charge in [-0.05, 0) is 41.4 Å². The number of rotatable bonds is 3. The minimum atomic E-state index is -0.356. The van der Waals surface area contributed by atoms with Crippen LogP contribution in [0.2, 0.25) is 0 Å². The van der Waals surface area contributed by atoms with E-state index in [1.807, 2.05) is 13.0 Å². The van der Waals surface area contributed by atoms with Gasteiger partial charge in [0.05, 0.1) is 6.10 Å². The molecule has 0 aliphatic rings. The molecule has 0 bridgehead atoms. The van der Waals surface area contributed by atoms with Crippen molar-refractivity contribution in [1.29, 1.82) is 0 Å². The van der Waals surface area contributed by atoms with Crippen molar-refractivity contribution in [2.24, 2.45) is 0 Å². The second-order valence-electron chi connectivity index (χ2n) is 3.05. The zero-order chi connectivity index (χ0) is 9.84. The maximum Gasteiger partial charge on any atom is 0.126 e. The van der Waals surface area contributed by atoms with Gasteiger partial charge in [0, 0.05) is 17.2 Å². The lowest BCUT2D eigenvalue weighted by Gasteiger charge is -2.08. The van der Waals surface area contributed by atoms with Crippen molar-refractivity contribution < 1.29 is 5.11 Å². The molecular formula is C9H13BrN2O. The van der Waals surface area contributed by atoms with E-state index in [0.29, 0.717) is 6.54 Å². The van der Waals surface area contributed by atoms with Gasteiger partial charge in [-0.3, -0.25) is 0 Å². The van der Waals surface area contributed by atoms with Gasteiger partial charge in [-0.15, -0.1) is 0 Å². The summed E-state index contributed by atoms with van der Waals surface area (Å²) in [4.78, 5) is 4.14. The predicted molar refractivity (Wildman–Crippen MR) is 56.8 cm³/mol. The van der Waals surface area contributed by atoms with Gasteiger partial charge in [0.15, 0.2) is 0 Å². The molecular weight excluding hydrogens is 232 g/mol. The number of hydrogen-bond donors (Lipinski definition) is 2. The molecule has 4 heteroatoms. The van der Waals surface area contributed by atoms with Gasteiger partial charge < -0.3 is 10.4 Å². The first-order valence-corrected chi connectivity index (χ1v) is 4.93. The fourth-order valence-corrected chi connectivity index (χ4v) is 1.11. The molecule has 0 aromatic carbocycles. The van der Waals surface area contributed by atoms with Crippen molar-refractivity contribution in [3.8, 4) is 0 Å². The molecule has 0 aliphatic heterocycles. The molecule has 0 aliphatic carbocycles. The molecule has 3 nitrogen and oxygen atoms in total. The summed E-state index contributed by atoms with van der Waals surface area (Å²) in [5.41, 5.74) is 1.13. The van der Waals surface area contributed by atoms with E-state index in [1.54, 1.807) is 13.1 Å². The van der Waals surface area contributed by atoms with Crippen LogP contribution in [0.5, 0.6) is 0 Å². The third kappa shape index (κ3) is 3.32. The van der Waals surface area contributed by atoms with Gasteiger partial charge in [0.2, 0.25) is 0 Å². The van der Waals surface area contributed by atoms with Crippen LogP contribution < -0.4 is 5.32 Å². The highest BCUT2D eigenvalue weighted by Crippen LogP contribution is 2.16. The standard InChI is InChI=1S/C9H13BrN2O/c1-6-3-9(11-4-7(2)13)12-5-8(6)10/h3,5,7,13H,4H2,1-2H3,(H,11,12). The van der Waals surface area contributed by atoms with Crippen molar-refractivity contribution in [3.63, 3.8) is 0 Å². The van der Waals surface area contributed by atoms with E-state index >= 15 is 0 Å². The molecule has 1 atom stereocenters. The lowest BCUT2D eigenvalue weighted by atomic mass is 10.3. The van der Waals surface area contributed by atoms with Crippen LogP contribution in [0, 0.1) is 6.92 Å². The Labute approximate surface area is 86.3 Å². The molecule has 1 heterocycles. The molecule has 0 saturated heterocycles. The Hall–Kier alpha value is -0.610. The normalized spacial score (nSPS) is 12.6. The maximum atomic E-state index is 9.04. The second-order valence-corrected chi connectivity index (χ2v) is 3.90. The fourth-order valence-electron chi connectivity index (χ4n) is 0.888. The first-order valence-electron chi connectivity index (χ1n) is 4.13. The molecule has 0 spiro atoms. The average Bonchev–Trinajstić information content (AvgIpc) is 2.07. The number of nitrogens with one attached hydrogen (secondary N) is 1. The molecule has 2 N–H and O–H groups in total. The summed E-state index contributed by atoms with van der Waals surface area (Å²) in [5.74, 6) is 0.793. The van der Waals surface area contributed by atoms with Crippen LogP contribution in [0.25, 0.3) is 0 Å². The highest BCUT2D eigenvalue weighted by atomic mass is 79.9. The number of halogens is 1. The number of anilines is 1. The van der Waals surface area contributed by atoms with Crippen molar-refractivity contribution >= 4 is 21.7 Å². The third-order valence-electron chi connectivity index (χ3n) is 1.63.